The van der Waals surface area contributed by atoms with Crippen molar-refractivity contribution in [2.75, 3.05) is 19.6 Å². The second kappa shape index (κ2) is 7.42. The number of hydrogen-bond donors (Lipinski definition) is 3. The fourth-order valence-electron chi connectivity index (χ4n) is 3.84. The first-order valence-electron chi connectivity index (χ1n) is 8.88. The van der Waals surface area contributed by atoms with Crippen molar-refractivity contribution < 1.29 is 14.0 Å². The Bertz CT molecular complexity index is 415. The summed E-state index contributed by atoms with van der Waals surface area (Å²) in [4.78, 5) is 19.7. The van der Waals surface area contributed by atoms with Crippen LogP contribution in [0.1, 0.15) is 39.5 Å². The summed E-state index contributed by atoms with van der Waals surface area (Å²) in [6, 6.07) is 0. The van der Waals surface area contributed by atoms with Crippen LogP contribution in [0.4, 0.5) is 4.39 Å². The van der Waals surface area contributed by atoms with Crippen LogP contribution in [-0.4, -0.2) is 49.1 Å². The molecule has 4 atom stereocenters. The van der Waals surface area contributed by atoms with Gasteiger partial charge >= 0.3 is 0 Å². The standard InChI is InChI=1S/C16H29FN4O2/c1-10(2)16(22)21-7-4-11(5-8-21)15-19-14(20-23-15)12-3-6-18-13(17)9-12/h10-15,18-20H,3-9H2,1-2H3. The number of nitrogens with one attached hydrogen (secondary N) is 3. The van der Waals surface area contributed by atoms with Crippen molar-refractivity contribution in [3.63, 3.8) is 0 Å². The molecule has 0 saturated carbocycles. The zero-order chi connectivity index (χ0) is 16.4. The predicted molar refractivity (Wildman–Crippen MR) is 84.7 cm³/mol. The molecule has 7 heteroatoms. The smallest absolute Gasteiger partial charge is 0.225 e. The SMILES string of the molecule is CC(C)C(=O)N1CCC(C2NC(C3CCNC(F)C3)NO2)CC1. The lowest BCUT2D eigenvalue weighted by molar-refractivity contribution is -0.136. The summed E-state index contributed by atoms with van der Waals surface area (Å²) >= 11 is 0. The van der Waals surface area contributed by atoms with E-state index in [9.17, 15) is 9.18 Å². The molecule has 4 unspecified atom stereocenters. The van der Waals surface area contributed by atoms with Crippen molar-refractivity contribution in [2.45, 2.75) is 58.2 Å². The Balaban J connectivity index is 1.46. The van der Waals surface area contributed by atoms with Crippen LogP contribution in [0.2, 0.25) is 0 Å². The third-order valence-electron chi connectivity index (χ3n) is 5.30. The molecule has 3 saturated heterocycles. The molecule has 0 aromatic carbocycles. The van der Waals surface area contributed by atoms with Crippen LogP contribution in [0, 0.1) is 17.8 Å². The lowest BCUT2D eigenvalue weighted by Crippen LogP contribution is -2.49. The summed E-state index contributed by atoms with van der Waals surface area (Å²) in [7, 11) is 0. The van der Waals surface area contributed by atoms with Crippen molar-refractivity contribution in [3.05, 3.63) is 0 Å². The maximum atomic E-state index is 13.5. The summed E-state index contributed by atoms with van der Waals surface area (Å²) in [6.07, 6.45) is 2.43. The third-order valence-corrected chi connectivity index (χ3v) is 5.30. The fraction of sp³-hybridized carbons (Fsp3) is 0.938. The molecule has 0 aromatic rings. The quantitative estimate of drug-likeness (QED) is 0.673. The van der Waals surface area contributed by atoms with Crippen LogP contribution in [-0.2, 0) is 9.63 Å². The maximum Gasteiger partial charge on any atom is 0.225 e. The highest BCUT2D eigenvalue weighted by molar-refractivity contribution is 5.78. The summed E-state index contributed by atoms with van der Waals surface area (Å²) in [5.41, 5.74) is 3.06. The van der Waals surface area contributed by atoms with Gasteiger partial charge in [0.05, 0.1) is 6.17 Å². The average molecular weight is 328 g/mol. The first-order chi connectivity index (χ1) is 11.0. The second-order valence-corrected chi connectivity index (χ2v) is 7.32. The van der Waals surface area contributed by atoms with Crippen molar-refractivity contribution in [1.82, 2.24) is 21.0 Å². The number of nitrogens with zero attached hydrogens (tertiary/aromatic N) is 1. The molecule has 0 radical (unpaired) electrons. The molecule has 0 bridgehead atoms. The molecule has 6 nitrogen and oxygen atoms in total. The van der Waals surface area contributed by atoms with E-state index in [0.29, 0.717) is 18.9 Å². The molecule has 0 spiro atoms. The number of hydroxylamine groups is 1. The minimum atomic E-state index is -0.915. The van der Waals surface area contributed by atoms with Crippen LogP contribution in [0.25, 0.3) is 0 Å². The number of halogens is 1. The van der Waals surface area contributed by atoms with E-state index < -0.39 is 6.30 Å². The Kier molecular flexibility index (Phi) is 5.51. The Morgan fingerprint density at radius 3 is 2.61 bits per heavy atom. The van der Waals surface area contributed by atoms with E-state index in [1.165, 1.54) is 0 Å². The molecule has 23 heavy (non-hydrogen) atoms. The van der Waals surface area contributed by atoms with Gasteiger partial charge in [0, 0.05) is 24.9 Å². The Hall–Kier alpha value is -0.760. The lowest BCUT2D eigenvalue weighted by atomic mass is 9.92. The molecule has 3 aliphatic heterocycles. The number of amides is 1. The summed E-state index contributed by atoms with van der Waals surface area (Å²) < 4.78 is 13.5. The topological polar surface area (TPSA) is 65.6 Å². The second-order valence-electron chi connectivity index (χ2n) is 7.32. The molecule has 3 N–H and O–H groups in total. The Morgan fingerprint density at radius 2 is 1.96 bits per heavy atom. The molecule has 3 aliphatic rings. The van der Waals surface area contributed by atoms with Gasteiger partial charge in [-0.3, -0.25) is 20.3 Å². The van der Waals surface area contributed by atoms with Crippen molar-refractivity contribution in [3.8, 4) is 0 Å². The largest absolute Gasteiger partial charge is 0.342 e. The number of carbonyl (C=O) groups excluding carboxylic acids is 1. The van der Waals surface area contributed by atoms with Crippen LogP contribution in [0.15, 0.2) is 0 Å². The van der Waals surface area contributed by atoms with Gasteiger partial charge in [0.15, 0.2) is 6.30 Å². The molecule has 1 amide bonds. The Labute approximate surface area is 137 Å². The van der Waals surface area contributed by atoms with Gasteiger partial charge < -0.3 is 4.90 Å². The summed E-state index contributed by atoms with van der Waals surface area (Å²) in [5, 5.41) is 6.32. The van der Waals surface area contributed by atoms with Crippen LogP contribution >= 0.6 is 0 Å². The minimum Gasteiger partial charge on any atom is -0.342 e. The van der Waals surface area contributed by atoms with Gasteiger partial charge in [-0.2, -0.15) is 5.48 Å². The highest BCUT2D eigenvalue weighted by Crippen LogP contribution is 2.27. The van der Waals surface area contributed by atoms with E-state index in [0.717, 1.165) is 32.4 Å². The van der Waals surface area contributed by atoms with Crippen LogP contribution in [0.3, 0.4) is 0 Å². The highest BCUT2D eigenvalue weighted by atomic mass is 19.1. The molecule has 0 aromatic heterocycles. The molecule has 132 valence electrons. The van der Waals surface area contributed by atoms with E-state index in [2.05, 4.69) is 16.1 Å². The number of alkyl halides is 1. The van der Waals surface area contributed by atoms with E-state index in [-0.39, 0.29) is 30.1 Å². The van der Waals surface area contributed by atoms with Gasteiger partial charge in [-0.05, 0) is 38.1 Å². The number of likely N-dealkylation sites (tertiary alicyclic amines) is 1. The van der Waals surface area contributed by atoms with Gasteiger partial charge in [0.25, 0.3) is 0 Å². The van der Waals surface area contributed by atoms with E-state index in [1.807, 2.05) is 18.7 Å². The first kappa shape index (κ1) is 17.1. The zero-order valence-electron chi connectivity index (χ0n) is 14.1. The maximum absolute atomic E-state index is 13.5. The number of hydrogen-bond acceptors (Lipinski definition) is 5. The summed E-state index contributed by atoms with van der Waals surface area (Å²) in [5.74, 6) is 0.945. The lowest BCUT2D eigenvalue weighted by Gasteiger charge is -2.35. The number of rotatable bonds is 3. The zero-order valence-corrected chi connectivity index (χ0v) is 14.1. The van der Waals surface area contributed by atoms with E-state index in [1.54, 1.807) is 0 Å². The van der Waals surface area contributed by atoms with Crippen molar-refractivity contribution in [2.24, 2.45) is 17.8 Å². The van der Waals surface area contributed by atoms with E-state index >= 15 is 0 Å². The van der Waals surface area contributed by atoms with Crippen LogP contribution < -0.4 is 16.1 Å². The molecule has 3 fully saturated rings. The average Bonchev–Trinajstić information content (AvgIpc) is 3.04. The number of piperidine rings is 2. The Morgan fingerprint density at radius 1 is 1.22 bits per heavy atom. The van der Waals surface area contributed by atoms with Gasteiger partial charge in [-0.1, -0.05) is 13.8 Å². The molecular formula is C16H29FN4O2. The fourth-order valence-corrected chi connectivity index (χ4v) is 3.84. The normalized spacial score (nSPS) is 36.6. The van der Waals surface area contributed by atoms with Crippen LogP contribution in [0.5, 0.6) is 0 Å². The van der Waals surface area contributed by atoms with Gasteiger partial charge in [0.1, 0.15) is 6.23 Å². The monoisotopic (exact) mass is 328 g/mol. The highest BCUT2D eigenvalue weighted by Gasteiger charge is 2.38. The molecular weight excluding hydrogens is 299 g/mol. The van der Waals surface area contributed by atoms with Gasteiger partial charge in [-0.25, -0.2) is 4.39 Å². The van der Waals surface area contributed by atoms with Gasteiger partial charge in [0.2, 0.25) is 5.91 Å². The third kappa shape index (κ3) is 4.02. The van der Waals surface area contributed by atoms with E-state index in [4.69, 9.17) is 4.84 Å². The summed E-state index contributed by atoms with van der Waals surface area (Å²) in [6.45, 7) is 6.21. The number of carbonyl (C=O) groups is 1. The van der Waals surface area contributed by atoms with Crippen molar-refractivity contribution >= 4 is 5.91 Å². The minimum absolute atomic E-state index is 0.0238. The molecule has 3 heterocycles. The molecule has 3 rings (SSSR count). The van der Waals surface area contributed by atoms with Crippen molar-refractivity contribution in [1.29, 1.82) is 0 Å². The van der Waals surface area contributed by atoms with Gasteiger partial charge in [-0.15, -0.1) is 0 Å². The predicted octanol–water partition coefficient (Wildman–Crippen LogP) is 0.953. The first-order valence-corrected chi connectivity index (χ1v) is 8.88. The molecule has 0 aliphatic carbocycles.